The number of aromatic nitrogens is 2. The van der Waals surface area contributed by atoms with Crippen LogP contribution in [-0.4, -0.2) is 26.0 Å². The van der Waals surface area contributed by atoms with Gasteiger partial charge in [0.25, 0.3) is 5.56 Å². The van der Waals surface area contributed by atoms with Crippen molar-refractivity contribution in [2.45, 2.75) is 58.8 Å². The molecule has 1 aliphatic rings. The molecule has 0 saturated heterocycles. The van der Waals surface area contributed by atoms with E-state index in [0.29, 0.717) is 29.8 Å². The number of carboxylic acid groups (broad SMARTS) is 1. The summed E-state index contributed by atoms with van der Waals surface area (Å²) in [6, 6.07) is 11.0. The molecule has 0 aliphatic heterocycles. The van der Waals surface area contributed by atoms with Crippen LogP contribution in [-0.2, 0) is 4.79 Å². The van der Waals surface area contributed by atoms with Gasteiger partial charge in [0.15, 0.2) is 5.69 Å². The van der Waals surface area contributed by atoms with Crippen LogP contribution >= 0.6 is 0 Å². The van der Waals surface area contributed by atoms with Gasteiger partial charge in [0, 0.05) is 0 Å². The number of benzene rings is 2. The van der Waals surface area contributed by atoms with Crippen LogP contribution in [0.2, 0.25) is 0 Å². The molecule has 0 spiro atoms. The van der Waals surface area contributed by atoms with E-state index in [1.165, 1.54) is 4.68 Å². The Hall–Kier alpha value is -3.68. The first-order chi connectivity index (χ1) is 16.3. The largest absolute Gasteiger partial charge is 0.505 e. The van der Waals surface area contributed by atoms with Crippen molar-refractivity contribution in [3.05, 3.63) is 69.1 Å². The monoisotopic (exact) mass is 462 g/mol. The fraction of sp³-hybridized carbons (Fsp3) is 0.385. The van der Waals surface area contributed by atoms with Gasteiger partial charge in [-0.25, -0.2) is 4.68 Å². The summed E-state index contributed by atoms with van der Waals surface area (Å²) in [7, 11) is 0. The molecule has 1 fully saturated rings. The highest BCUT2D eigenvalue weighted by Crippen LogP contribution is 2.42. The number of H-pyrrole nitrogens is 1. The van der Waals surface area contributed by atoms with Gasteiger partial charge in [0.2, 0.25) is 0 Å². The Morgan fingerprint density at radius 2 is 1.82 bits per heavy atom. The van der Waals surface area contributed by atoms with Crippen molar-refractivity contribution in [3.63, 3.8) is 0 Å². The number of phenolic OH excluding ortho intramolecular Hbond substituents is 1. The van der Waals surface area contributed by atoms with Crippen LogP contribution in [0.3, 0.4) is 0 Å². The molecule has 3 aromatic rings. The Balaban J connectivity index is 1.64. The molecule has 3 N–H and O–H groups in total. The Morgan fingerprint density at radius 1 is 1.06 bits per heavy atom. The van der Waals surface area contributed by atoms with E-state index in [1.54, 1.807) is 19.1 Å². The number of nitrogens with one attached hydrogen (secondary N) is 1. The Kier molecular flexibility index (Phi) is 6.68. The van der Waals surface area contributed by atoms with Crippen LogP contribution < -0.4 is 5.56 Å². The summed E-state index contributed by atoms with van der Waals surface area (Å²) in [6.07, 6.45) is 3.75. The van der Waals surface area contributed by atoms with Gasteiger partial charge in [-0.2, -0.15) is 0 Å². The number of para-hydroxylation sites is 1. The van der Waals surface area contributed by atoms with Crippen molar-refractivity contribution in [2.75, 3.05) is 0 Å². The SMILES string of the molecule is Cc1ccc(-n2[nH]c(C)c(N=Nc3cccc(C4CCCCC(C(=O)O)C4)c3O)c2=O)cc1C. The lowest BCUT2D eigenvalue weighted by molar-refractivity contribution is -0.142. The van der Waals surface area contributed by atoms with Crippen LogP contribution in [0, 0.1) is 26.7 Å². The Morgan fingerprint density at radius 3 is 2.56 bits per heavy atom. The summed E-state index contributed by atoms with van der Waals surface area (Å²) in [6.45, 7) is 5.75. The maximum absolute atomic E-state index is 13.0. The topological polar surface area (TPSA) is 120 Å². The Labute approximate surface area is 198 Å². The highest BCUT2D eigenvalue weighted by atomic mass is 16.4. The van der Waals surface area contributed by atoms with Crippen molar-refractivity contribution in [1.29, 1.82) is 0 Å². The van der Waals surface area contributed by atoms with E-state index in [9.17, 15) is 19.8 Å². The van der Waals surface area contributed by atoms with Gasteiger partial charge in [0.05, 0.1) is 17.3 Å². The van der Waals surface area contributed by atoms with E-state index in [0.717, 1.165) is 30.4 Å². The lowest BCUT2D eigenvalue weighted by Gasteiger charge is -2.19. The molecule has 1 aromatic heterocycles. The molecule has 8 heteroatoms. The van der Waals surface area contributed by atoms with Crippen molar-refractivity contribution in [2.24, 2.45) is 16.1 Å². The minimum atomic E-state index is -0.787. The second-order valence-electron chi connectivity index (χ2n) is 9.16. The molecule has 0 amide bonds. The molecule has 0 radical (unpaired) electrons. The molecular formula is C26H30N4O4. The predicted octanol–water partition coefficient (Wildman–Crippen LogP) is 5.96. The lowest BCUT2D eigenvalue weighted by Crippen LogP contribution is -2.15. The van der Waals surface area contributed by atoms with Crippen molar-refractivity contribution < 1.29 is 15.0 Å². The first-order valence-corrected chi connectivity index (χ1v) is 11.6. The third-order valence-corrected chi connectivity index (χ3v) is 6.81. The first kappa shape index (κ1) is 23.5. The average Bonchev–Trinajstić information content (AvgIpc) is 2.96. The predicted molar refractivity (Wildman–Crippen MR) is 130 cm³/mol. The number of azo groups is 1. The molecular weight excluding hydrogens is 432 g/mol. The number of carbonyl (C=O) groups is 1. The van der Waals surface area contributed by atoms with E-state index < -0.39 is 11.9 Å². The number of aryl methyl sites for hydroxylation is 3. The zero-order valence-corrected chi connectivity index (χ0v) is 19.7. The third-order valence-electron chi connectivity index (χ3n) is 6.81. The highest BCUT2D eigenvalue weighted by molar-refractivity contribution is 5.70. The first-order valence-electron chi connectivity index (χ1n) is 11.6. The number of aliphatic carboxylic acids is 1. The van der Waals surface area contributed by atoms with Gasteiger partial charge in [0.1, 0.15) is 11.4 Å². The lowest BCUT2D eigenvalue weighted by atomic mass is 9.87. The molecule has 0 bridgehead atoms. The number of hydrogen-bond donors (Lipinski definition) is 3. The average molecular weight is 463 g/mol. The number of nitrogens with zero attached hydrogens (tertiary/aromatic N) is 3. The molecule has 8 nitrogen and oxygen atoms in total. The van der Waals surface area contributed by atoms with E-state index in [2.05, 4.69) is 15.3 Å². The van der Waals surface area contributed by atoms with Crippen molar-refractivity contribution >= 4 is 17.3 Å². The van der Waals surface area contributed by atoms with Crippen LogP contribution in [0.5, 0.6) is 5.75 Å². The minimum absolute atomic E-state index is 0.00929. The second kappa shape index (κ2) is 9.67. The summed E-state index contributed by atoms with van der Waals surface area (Å²) < 4.78 is 1.43. The number of rotatable bonds is 5. The quantitative estimate of drug-likeness (QED) is 0.320. The van der Waals surface area contributed by atoms with E-state index in [-0.39, 0.29) is 28.6 Å². The summed E-state index contributed by atoms with van der Waals surface area (Å²) in [4.78, 5) is 24.6. The van der Waals surface area contributed by atoms with Crippen molar-refractivity contribution in [1.82, 2.24) is 9.78 Å². The van der Waals surface area contributed by atoms with Crippen LogP contribution in [0.25, 0.3) is 5.69 Å². The van der Waals surface area contributed by atoms with E-state index >= 15 is 0 Å². The third kappa shape index (κ3) is 4.66. The maximum atomic E-state index is 13.0. The molecule has 2 aromatic carbocycles. The fourth-order valence-corrected chi connectivity index (χ4v) is 4.63. The zero-order chi connectivity index (χ0) is 24.4. The summed E-state index contributed by atoms with van der Waals surface area (Å²) >= 11 is 0. The molecule has 1 aliphatic carbocycles. The normalized spacial score (nSPS) is 18.8. The molecule has 2 unspecified atom stereocenters. The van der Waals surface area contributed by atoms with Gasteiger partial charge in [-0.15, -0.1) is 10.2 Å². The van der Waals surface area contributed by atoms with Crippen LogP contribution in [0.4, 0.5) is 11.4 Å². The van der Waals surface area contributed by atoms with Gasteiger partial charge < -0.3 is 10.2 Å². The van der Waals surface area contributed by atoms with Gasteiger partial charge in [-0.3, -0.25) is 14.7 Å². The smallest absolute Gasteiger partial charge is 0.306 e. The number of carboxylic acids is 1. The number of hydrogen-bond acceptors (Lipinski definition) is 5. The van der Waals surface area contributed by atoms with E-state index in [4.69, 9.17) is 0 Å². The van der Waals surface area contributed by atoms with Crippen LogP contribution in [0.15, 0.2) is 51.4 Å². The second-order valence-corrected chi connectivity index (χ2v) is 9.16. The van der Waals surface area contributed by atoms with E-state index in [1.807, 2.05) is 38.1 Å². The minimum Gasteiger partial charge on any atom is -0.505 e. The molecule has 2 atom stereocenters. The molecule has 34 heavy (non-hydrogen) atoms. The summed E-state index contributed by atoms with van der Waals surface area (Å²) in [5, 5.41) is 31.8. The van der Waals surface area contributed by atoms with Gasteiger partial charge >= 0.3 is 5.97 Å². The highest BCUT2D eigenvalue weighted by Gasteiger charge is 2.28. The number of phenols is 1. The van der Waals surface area contributed by atoms with Crippen LogP contribution in [0.1, 0.15) is 60.4 Å². The Bertz CT molecular complexity index is 1300. The number of aromatic amines is 1. The molecule has 1 saturated carbocycles. The standard InChI is InChI=1S/C26H30N4O4/c1-15-11-12-20(13-16(15)2)30-25(32)23(17(3)29-30)28-27-22-10-6-9-21(24(22)31)18-7-4-5-8-19(14-18)26(33)34/h6,9-13,18-19,29,31H,4-5,7-8,14H2,1-3H3,(H,33,34). The fourth-order valence-electron chi connectivity index (χ4n) is 4.63. The molecule has 1 heterocycles. The maximum Gasteiger partial charge on any atom is 0.306 e. The number of aromatic hydroxyl groups is 1. The van der Waals surface area contributed by atoms with Gasteiger partial charge in [-0.05, 0) is 80.8 Å². The van der Waals surface area contributed by atoms with Crippen molar-refractivity contribution in [3.8, 4) is 11.4 Å². The zero-order valence-electron chi connectivity index (χ0n) is 19.7. The molecule has 4 rings (SSSR count). The molecule has 178 valence electrons. The summed E-state index contributed by atoms with van der Waals surface area (Å²) in [5.74, 6) is -1.27. The summed E-state index contributed by atoms with van der Waals surface area (Å²) in [5.41, 5.74) is 4.27. The van der Waals surface area contributed by atoms with Gasteiger partial charge in [-0.1, -0.05) is 31.0 Å².